The van der Waals surface area contributed by atoms with Gasteiger partial charge in [0.2, 0.25) is 0 Å². The number of phenolic OH excluding ortho intramolecular Hbond substituents is 2. The maximum absolute atomic E-state index is 12.5. The number of allylic oxidation sites excluding steroid dienone is 2. The third kappa shape index (κ3) is 3.57. The standard InChI is InChI=1S/C21H20O3/c22-19-7-3-1-5-15(19)9-11-17-13-14-18(21(17)24)12-10-16-6-2-4-8-20(16)23/h1-12,17-18,22-23H,13-14H2/b11-9+,12-10+/t17-,18-/m0/s1. The number of carbonyl (C=O) groups excluding carboxylic acids is 1. The van der Waals surface area contributed by atoms with Gasteiger partial charge in [0.15, 0.2) is 0 Å². The van der Waals surface area contributed by atoms with Crippen LogP contribution in [0.4, 0.5) is 0 Å². The highest BCUT2D eigenvalue weighted by molar-refractivity contribution is 5.90. The lowest BCUT2D eigenvalue weighted by Gasteiger charge is -2.04. The van der Waals surface area contributed by atoms with Crippen LogP contribution >= 0.6 is 0 Å². The van der Waals surface area contributed by atoms with Crippen LogP contribution in [-0.2, 0) is 4.79 Å². The summed E-state index contributed by atoms with van der Waals surface area (Å²) in [7, 11) is 0. The predicted octanol–water partition coefficient (Wildman–Crippen LogP) is 4.42. The van der Waals surface area contributed by atoms with Crippen molar-refractivity contribution in [1.29, 1.82) is 0 Å². The van der Waals surface area contributed by atoms with Gasteiger partial charge in [0, 0.05) is 23.0 Å². The van der Waals surface area contributed by atoms with Crippen LogP contribution in [0, 0.1) is 11.8 Å². The van der Waals surface area contributed by atoms with E-state index in [-0.39, 0.29) is 29.1 Å². The third-order valence-corrected chi connectivity index (χ3v) is 4.41. The van der Waals surface area contributed by atoms with Crippen molar-refractivity contribution in [3.05, 3.63) is 71.8 Å². The van der Waals surface area contributed by atoms with Crippen LogP contribution < -0.4 is 0 Å². The maximum atomic E-state index is 12.5. The van der Waals surface area contributed by atoms with Crippen molar-refractivity contribution in [2.45, 2.75) is 12.8 Å². The summed E-state index contributed by atoms with van der Waals surface area (Å²) in [6.07, 6.45) is 8.99. The zero-order valence-corrected chi connectivity index (χ0v) is 13.3. The largest absolute Gasteiger partial charge is 0.507 e. The molecule has 2 N–H and O–H groups in total. The first-order valence-electron chi connectivity index (χ1n) is 8.11. The molecule has 1 aliphatic rings. The van der Waals surface area contributed by atoms with Crippen LogP contribution in [0.1, 0.15) is 24.0 Å². The highest BCUT2D eigenvalue weighted by atomic mass is 16.3. The molecule has 2 aromatic carbocycles. The van der Waals surface area contributed by atoms with Crippen molar-refractivity contribution in [2.75, 3.05) is 0 Å². The fourth-order valence-corrected chi connectivity index (χ4v) is 3.00. The highest BCUT2D eigenvalue weighted by Crippen LogP contribution is 2.31. The fraction of sp³-hybridized carbons (Fsp3) is 0.190. The van der Waals surface area contributed by atoms with E-state index in [1.165, 1.54) is 0 Å². The van der Waals surface area contributed by atoms with Crippen LogP contribution in [0.15, 0.2) is 60.7 Å². The highest BCUT2D eigenvalue weighted by Gasteiger charge is 2.30. The second kappa shape index (κ2) is 7.18. The Bertz CT molecular complexity index is 724. The van der Waals surface area contributed by atoms with Gasteiger partial charge in [0.25, 0.3) is 0 Å². The molecule has 0 radical (unpaired) electrons. The van der Waals surface area contributed by atoms with Crippen molar-refractivity contribution < 1.29 is 15.0 Å². The lowest BCUT2D eigenvalue weighted by molar-refractivity contribution is -0.121. The normalized spacial score (nSPS) is 21.1. The molecule has 0 bridgehead atoms. The van der Waals surface area contributed by atoms with Crippen LogP contribution in [-0.4, -0.2) is 16.0 Å². The summed E-state index contributed by atoms with van der Waals surface area (Å²) in [5, 5.41) is 19.5. The van der Waals surface area contributed by atoms with Gasteiger partial charge in [0.05, 0.1) is 0 Å². The Morgan fingerprint density at radius 1 is 0.750 bits per heavy atom. The molecule has 1 aliphatic carbocycles. The molecule has 3 nitrogen and oxygen atoms in total. The van der Waals surface area contributed by atoms with Gasteiger partial charge in [-0.1, -0.05) is 60.7 Å². The first kappa shape index (κ1) is 16.1. The van der Waals surface area contributed by atoms with Gasteiger partial charge in [0.1, 0.15) is 17.3 Å². The van der Waals surface area contributed by atoms with Crippen molar-refractivity contribution >= 4 is 17.9 Å². The minimum absolute atomic E-state index is 0.122. The first-order chi connectivity index (χ1) is 11.6. The average molecular weight is 320 g/mol. The van der Waals surface area contributed by atoms with Crippen LogP contribution in [0.5, 0.6) is 11.5 Å². The van der Waals surface area contributed by atoms with E-state index >= 15 is 0 Å². The van der Waals surface area contributed by atoms with Gasteiger partial charge in [-0.25, -0.2) is 0 Å². The summed E-state index contributed by atoms with van der Waals surface area (Å²) in [5.74, 6) is 0.381. The number of Topliss-reactive ketones (excluding diaryl/α,β-unsaturated/α-hetero) is 1. The molecule has 3 heteroatoms. The molecule has 3 rings (SSSR count). The molecule has 0 unspecified atom stereocenters. The molecular formula is C21H20O3. The Balaban J connectivity index is 1.67. The molecule has 0 aliphatic heterocycles. The maximum Gasteiger partial charge on any atom is 0.146 e. The van der Waals surface area contributed by atoms with Crippen molar-refractivity contribution in [1.82, 2.24) is 0 Å². The molecule has 0 saturated heterocycles. The molecule has 1 saturated carbocycles. The Morgan fingerprint density at radius 2 is 1.17 bits per heavy atom. The SMILES string of the molecule is O=C1[C@@H](/C=C/c2ccccc2O)CC[C@@H]1/C=C/c1ccccc1O. The number of phenols is 2. The molecule has 2 atom stereocenters. The Morgan fingerprint density at radius 3 is 1.58 bits per heavy atom. The number of hydrogen-bond donors (Lipinski definition) is 2. The van der Waals surface area contributed by atoms with E-state index in [2.05, 4.69) is 0 Å². The summed E-state index contributed by atoms with van der Waals surface area (Å²) >= 11 is 0. The summed E-state index contributed by atoms with van der Waals surface area (Å²) in [5.41, 5.74) is 1.44. The molecule has 24 heavy (non-hydrogen) atoms. The molecule has 122 valence electrons. The van der Waals surface area contributed by atoms with Crippen molar-refractivity contribution in [2.24, 2.45) is 11.8 Å². The van der Waals surface area contributed by atoms with Gasteiger partial charge >= 0.3 is 0 Å². The molecular weight excluding hydrogens is 300 g/mol. The second-order valence-corrected chi connectivity index (χ2v) is 6.03. The zero-order valence-electron chi connectivity index (χ0n) is 13.3. The number of carbonyl (C=O) groups is 1. The lowest BCUT2D eigenvalue weighted by Crippen LogP contribution is -2.10. The van der Waals surface area contributed by atoms with Crippen molar-refractivity contribution in [3.8, 4) is 11.5 Å². The zero-order chi connectivity index (χ0) is 16.9. The number of aromatic hydroxyl groups is 2. The average Bonchev–Trinajstić information content (AvgIpc) is 2.94. The molecule has 0 spiro atoms. The number of rotatable bonds is 4. The monoisotopic (exact) mass is 320 g/mol. The van der Waals surface area contributed by atoms with Gasteiger partial charge in [-0.05, 0) is 25.0 Å². The summed E-state index contributed by atoms with van der Waals surface area (Å²) in [6, 6.07) is 14.2. The summed E-state index contributed by atoms with van der Waals surface area (Å²) in [6.45, 7) is 0. The number of hydrogen-bond acceptors (Lipinski definition) is 3. The van der Waals surface area contributed by atoms with E-state index in [0.29, 0.717) is 0 Å². The quantitative estimate of drug-likeness (QED) is 0.876. The topological polar surface area (TPSA) is 57.5 Å². The molecule has 0 amide bonds. The Labute approximate surface area is 141 Å². The van der Waals surface area contributed by atoms with E-state index in [1.807, 2.05) is 48.6 Å². The van der Waals surface area contributed by atoms with E-state index in [9.17, 15) is 15.0 Å². The van der Waals surface area contributed by atoms with E-state index in [1.54, 1.807) is 24.3 Å². The Kier molecular flexibility index (Phi) is 4.80. The fourth-order valence-electron chi connectivity index (χ4n) is 3.00. The lowest BCUT2D eigenvalue weighted by atomic mass is 10.00. The number of para-hydroxylation sites is 2. The van der Waals surface area contributed by atoms with Gasteiger partial charge in [-0.3, -0.25) is 4.79 Å². The first-order valence-corrected chi connectivity index (χ1v) is 8.11. The molecule has 0 heterocycles. The van der Waals surface area contributed by atoms with Gasteiger partial charge < -0.3 is 10.2 Å². The van der Waals surface area contributed by atoms with E-state index < -0.39 is 0 Å². The third-order valence-electron chi connectivity index (χ3n) is 4.41. The van der Waals surface area contributed by atoms with Crippen LogP contribution in [0.3, 0.4) is 0 Å². The van der Waals surface area contributed by atoms with E-state index in [4.69, 9.17) is 0 Å². The number of ketones is 1. The predicted molar refractivity (Wildman–Crippen MR) is 95.5 cm³/mol. The smallest absolute Gasteiger partial charge is 0.146 e. The minimum atomic E-state index is -0.122. The van der Waals surface area contributed by atoms with Crippen LogP contribution in [0.25, 0.3) is 12.2 Å². The molecule has 0 aromatic heterocycles. The molecule has 1 fully saturated rings. The van der Waals surface area contributed by atoms with Crippen LogP contribution in [0.2, 0.25) is 0 Å². The minimum Gasteiger partial charge on any atom is -0.507 e. The Hall–Kier alpha value is -2.81. The summed E-state index contributed by atoms with van der Waals surface area (Å²) in [4.78, 5) is 12.5. The molecule has 2 aromatic rings. The van der Waals surface area contributed by atoms with Crippen molar-refractivity contribution in [3.63, 3.8) is 0 Å². The van der Waals surface area contributed by atoms with E-state index in [0.717, 1.165) is 24.0 Å². The van der Waals surface area contributed by atoms with Gasteiger partial charge in [-0.15, -0.1) is 0 Å². The second-order valence-electron chi connectivity index (χ2n) is 6.03. The summed E-state index contributed by atoms with van der Waals surface area (Å²) < 4.78 is 0. The van der Waals surface area contributed by atoms with Gasteiger partial charge in [-0.2, -0.15) is 0 Å². The number of benzene rings is 2.